The minimum Gasteiger partial charge on any atom is -0.357 e. The quantitative estimate of drug-likeness (QED) is 0.817. The van der Waals surface area contributed by atoms with E-state index < -0.39 is 0 Å². The molecular weight excluding hydrogens is 234 g/mol. The maximum absolute atomic E-state index is 4.79. The zero-order chi connectivity index (χ0) is 13.7. The van der Waals surface area contributed by atoms with E-state index in [0.29, 0.717) is 0 Å². The summed E-state index contributed by atoms with van der Waals surface area (Å²) in [4.78, 5) is 7.22. The van der Waals surface area contributed by atoms with E-state index in [1.165, 1.54) is 31.4 Å². The summed E-state index contributed by atoms with van der Waals surface area (Å²) in [5.41, 5.74) is 2.47. The third kappa shape index (κ3) is 3.69. The Balaban J connectivity index is 2.03. The van der Waals surface area contributed by atoms with Crippen molar-refractivity contribution in [2.24, 2.45) is 5.92 Å². The van der Waals surface area contributed by atoms with Crippen molar-refractivity contribution < 1.29 is 0 Å². The molecule has 0 aromatic carbocycles. The number of rotatable bonds is 7. The van der Waals surface area contributed by atoms with E-state index in [-0.39, 0.29) is 0 Å². The Morgan fingerprint density at radius 2 is 2.11 bits per heavy atom. The summed E-state index contributed by atoms with van der Waals surface area (Å²) < 4.78 is 0. The van der Waals surface area contributed by atoms with Crippen molar-refractivity contribution in [1.82, 2.24) is 10.3 Å². The van der Waals surface area contributed by atoms with Crippen molar-refractivity contribution >= 4 is 5.82 Å². The monoisotopic (exact) mass is 261 g/mol. The lowest BCUT2D eigenvalue weighted by Crippen LogP contribution is -2.33. The number of nitrogens with zero attached hydrogens (tertiary/aromatic N) is 2. The molecule has 0 radical (unpaired) electrons. The Bertz CT molecular complexity index is 399. The largest absolute Gasteiger partial charge is 0.357 e. The predicted octanol–water partition coefficient (Wildman–Crippen LogP) is 3.13. The molecule has 0 bridgehead atoms. The molecule has 106 valence electrons. The molecule has 0 atom stereocenters. The van der Waals surface area contributed by atoms with E-state index in [4.69, 9.17) is 4.98 Å². The van der Waals surface area contributed by atoms with Crippen LogP contribution in [0.25, 0.3) is 0 Å². The first-order valence-electron chi connectivity index (χ1n) is 7.66. The zero-order valence-electron chi connectivity index (χ0n) is 12.6. The summed E-state index contributed by atoms with van der Waals surface area (Å²) in [5.74, 6) is 2.04. The average Bonchev–Trinajstić information content (AvgIpc) is 2.36. The van der Waals surface area contributed by atoms with Gasteiger partial charge in [0, 0.05) is 25.3 Å². The Morgan fingerprint density at radius 1 is 1.32 bits per heavy atom. The molecule has 0 aliphatic heterocycles. The highest BCUT2D eigenvalue weighted by Gasteiger charge is 2.20. The Kier molecular flexibility index (Phi) is 5.20. The normalized spacial score (nSPS) is 15.3. The first-order valence-corrected chi connectivity index (χ1v) is 7.66. The lowest BCUT2D eigenvalue weighted by atomic mass is 9.85. The van der Waals surface area contributed by atoms with E-state index in [9.17, 15) is 0 Å². The topological polar surface area (TPSA) is 28.2 Å². The average molecular weight is 261 g/mol. The smallest absolute Gasteiger partial charge is 0.128 e. The third-order valence-corrected chi connectivity index (χ3v) is 4.16. The van der Waals surface area contributed by atoms with Crippen LogP contribution in [0, 0.1) is 12.8 Å². The maximum Gasteiger partial charge on any atom is 0.128 e. The molecule has 19 heavy (non-hydrogen) atoms. The number of hydrogen-bond donors (Lipinski definition) is 1. The summed E-state index contributed by atoms with van der Waals surface area (Å²) in [6.07, 6.45) is 4.21. The number of nitrogens with one attached hydrogen (secondary N) is 1. The molecule has 1 aliphatic rings. The van der Waals surface area contributed by atoms with E-state index in [1.807, 2.05) is 0 Å². The van der Waals surface area contributed by atoms with Gasteiger partial charge in [0.15, 0.2) is 0 Å². The molecule has 1 aliphatic carbocycles. The van der Waals surface area contributed by atoms with Gasteiger partial charge in [0.2, 0.25) is 0 Å². The number of aromatic nitrogens is 1. The summed E-state index contributed by atoms with van der Waals surface area (Å²) in [5, 5.41) is 3.36. The van der Waals surface area contributed by atoms with Crippen molar-refractivity contribution in [2.75, 3.05) is 24.5 Å². The van der Waals surface area contributed by atoms with Crippen LogP contribution in [0.15, 0.2) is 12.1 Å². The van der Waals surface area contributed by atoms with Crippen molar-refractivity contribution in [3.8, 4) is 0 Å². The molecule has 0 saturated heterocycles. The van der Waals surface area contributed by atoms with Crippen molar-refractivity contribution in [2.45, 2.75) is 46.6 Å². The van der Waals surface area contributed by atoms with Crippen LogP contribution in [0.1, 0.15) is 44.4 Å². The van der Waals surface area contributed by atoms with Gasteiger partial charge in [-0.1, -0.05) is 19.4 Å². The molecule has 1 heterocycles. The molecule has 1 N–H and O–H groups in total. The van der Waals surface area contributed by atoms with Gasteiger partial charge in [0.1, 0.15) is 5.82 Å². The fraction of sp³-hybridized carbons (Fsp3) is 0.688. The highest BCUT2D eigenvalue weighted by Crippen LogP contribution is 2.28. The second-order valence-corrected chi connectivity index (χ2v) is 5.53. The van der Waals surface area contributed by atoms with Crippen molar-refractivity contribution in [3.05, 3.63) is 23.4 Å². The van der Waals surface area contributed by atoms with Crippen LogP contribution < -0.4 is 10.2 Å². The number of hydrogen-bond acceptors (Lipinski definition) is 3. The maximum atomic E-state index is 4.79. The highest BCUT2D eigenvalue weighted by atomic mass is 15.2. The third-order valence-electron chi connectivity index (χ3n) is 4.16. The minimum absolute atomic E-state index is 0.892. The van der Waals surface area contributed by atoms with Crippen LogP contribution in [-0.2, 0) is 6.54 Å². The van der Waals surface area contributed by atoms with Gasteiger partial charge in [-0.05, 0) is 50.8 Å². The van der Waals surface area contributed by atoms with E-state index in [0.717, 1.165) is 37.1 Å². The molecular formula is C16H27N3. The summed E-state index contributed by atoms with van der Waals surface area (Å²) >= 11 is 0. The predicted molar refractivity (Wildman–Crippen MR) is 81.6 cm³/mol. The highest BCUT2D eigenvalue weighted by molar-refractivity contribution is 5.41. The molecule has 1 saturated carbocycles. The number of aryl methyl sites for hydroxylation is 1. The molecule has 2 rings (SSSR count). The van der Waals surface area contributed by atoms with Gasteiger partial charge in [-0.15, -0.1) is 0 Å². The van der Waals surface area contributed by atoms with Crippen LogP contribution in [0.2, 0.25) is 0 Å². The van der Waals surface area contributed by atoms with Gasteiger partial charge in [0.25, 0.3) is 0 Å². The fourth-order valence-corrected chi connectivity index (χ4v) is 2.57. The van der Waals surface area contributed by atoms with Crippen LogP contribution >= 0.6 is 0 Å². The molecule has 0 spiro atoms. The van der Waals surface area contributed by atoms with Crippen molar-refractivity contribution in [1.29, 1.82) is 0 Å². The van der Waals surface area contributed by atoms with Gasteiger partial charge in [-0.3, -0.25) is 0 Å². The summed E-state index contributed by atoms with van der Waals surface area (Å²) in [6, 6.07) is 4.41. The van der Waals surface area contributed by atoms with Crippen LogP contribution in [0.5, 0.6) is 0 Å². The number of anilines is 1. The zero-order valence-corrected chi connectivity index (χ0v) is 12.6. The molecule has 1 aromatic rings. The Morgan fingerprint density at radius 3 is 2.63 bits per heavy atom. The van der Waals surface area contributed by atoms with Gasteiger partial charge in [-0.25, -0.2) is 4.98 Å². The lowest BCUT2D eigenvalue weighted by molar-refractivity contribution is 0.318. The second kappa shape index (κ2) is 6.90. The molecule has 3 nitrogen and oxygen atoms in total. The molecule has 0 unspecified atom stereocenters. The molecule has 1 fully saturated rings. The van der Waals surface area contributed by atoms with Gasteiger partial charge >= 0.3 is 0 Å². The van der Waals surface area contributed by atoms with Crippen LogP contribution in [0.4, 0.5) is 5.82 Å². The SMILES string of the molecule is CCNCc1ccc(N(CC)CC2CCC2)nc1C. The number of pyridine rings is 1. The van der Waals surface area contributed by atoms with Crippen LogP contribution in [-0.4, -0.2) is 24.6 Å². The molecule has 1 aromatic heterocycles. The van der Waals surface area contributed by atoms with Gasteiger partial charge in [0.05, 0.1) is 0 Å². The lowest BCUT2D eigenvalue weighted by Gasteiger charge is -2.32. The molecule has 3 heteroatoms. The van der Waals surface area contributed by atoms with Gasteiger partial charge in [-0.2, -0.15) is 0 Å². The fourth-order valence-electron chi connectivity index (χ4n) is 2.57. The van der Waals surface area contributed by atoms with E-state index >= 15 is 0 Å². The Labute approximate surface area is 117 Å². The van der Waals surface area contributed by atoms with E-state index in [2.05, 4.69) is 43.1 Å². The summed E-state index contributed by atoms with van der Waals surface area (Å²) in [7, 11) is 0. The summed E-state index contributed by atoms with van der Waals surface area (Å²) in [6.45, 7) is 10.6. The standard InChI is InChI=1S/C16H27N3/c1-4-17-11-15-9-10-16(18-13(15)3)19(5-2)12-14-7-6-8-14/h9-10,14,17H,4-8,11-12H2,1-3H3. The minimum atomic E-state index is 0.892. The first-order chi connectivity index (χ1) is 9.24. The van der Waals surface area contributed by atoms with E-state index in [1.54, 1.807) is 0 Å². The van der Waals surface area contributed by atoms with Gasteiger partial charge < -0.3 is 10.2 Å². The van der Waals surface area contributed by atoms with Crippen LogP contribution in [0.3, 0.4) is 0 Å². The Hall–Kier alpha value is -1.09. The second-order valence-electron chi connectivity index (χ2n) is 5.53. The first kappa shape index (κ1) is 14.3. The molecule has 0 amide bonds. The van der Waals surface area contributed by atoms with Crippen molar-refractivity contribution in [3.63, 3.8) is 0 Å².